The molecule has 0 aromatic rings. The van der Waals surface area contributed by atoms with Gasteiger partial charge in [0, 0.05) is 12.3 Å². The highest BCUT2D eigenvalue weighted by molar-refractivity contribution is 5.03. The van der Waals surface area contributed by atoms with E-state index in [2.05, 4.69) is 25.7 Å². The van der Waals surface area contributed by atoms with Crippen molar-refractivity contribution in [1.82, 2.24) is 0 Å². The molecule has 0 spiro atoms. The first-order valence-electron chi connectivity index (χ1n) is 4.70. The quantitative estimate of drug-likeness (QED) is 0.642. The number of hydrogen-bond acceptors (Lipinski definition) is 1. The van der Waals surface area contributed by atoms with E-state index in [0.29, 0.717) is 0 Å². The molecule has 2 atom stereocenters. The van der Waals surface area contributed by atoms with Crippen molar-refractivity contribution in [3.05, 3.63) is 0 Å². The van der Waals surface area contributed by atoms with Gasteiger partial charge in [-0.15, -0.1) is 5.92 Å². The van der Waals surface area contributed by atoms with Gasteiger partial charge >= 0.3 is 0 Å². The minimum absolute atomic E-state index is 0.108. The molecule has 0 saturated heterocycles. The maximum Gasteiger partial charge on any atom is 0.0646 e. The topological polar surface area (TPSA) is 20.2 Å². The third-order valence-electron chi connectivity index (χ3n) is 1.90. The van der Waals surface area contributed by atoms with Gasteiger partial charge in [0.2, 0.25) is 0 Å². The average Bonchev–Trinajstić information content (AvgIpc) is 1.97. The van der Waals surface area contributed by atoms with E-state index in [1.807, 2.05) is 6.92 Å². The standard InChI is InChI=1S/C11H20O/c1-9(2)7-5-6-8-10(3)11(4)12/h9-12H,5,7H2,1-4H3/t10-,11-/m1/s1. The highest BCUT2D eigenvalue weighted by Crippen LogP contribution is 2.03. The molecule has 0 fully saturated rings. The number of aliphatic hydroxyl groups excluding tert-OH is 1. The van der Waals surface area contributed by atoms with Crippen LogP contribution < -0.4 is 0 Å². The van der Waals surface area contributed by atoms with Crippen molar-refractivity contribution in [3.63, 3.8) is 0 Å². The molecule has 0 heterocycles. The molecular formula is C11H20O. The Hall–Kier alpha value is -0.480. The molecule has 0 saturated carbocycles. The van der Waals surface area contributed by atoms with Crippen molar-refractivity contribution in [2.24, 2.45) is 11.8 Å². The smallest absolute Gasteiger partial charge is 0.0646 e. The zero-order chi connectivity index (χ0) is 9.56. The normalized spacial score (nSPS) is 15.2. The van der Waals surface area contributed by atoms with Crippen molar-refractivity contribution >= 4 is 0 Å². The lowest BCUT2D eigenvalue weighted by Gasteiger charge is -2.05. The van der Waals surface area contributed by atoms with Crippen LogP contribution in [0.2, 0.25) is 0 Å². The molecule has 0 aliphatic heterocycles. The van der Waals surface area contributed by atoms with E-state index in [1.165, 1.54) is 0 Å². The number of rotatable bonds is 3. The summed E-state index contributed by atoms with van der Waals surface area (Å²) in [4.78, 5) is 0. The van der Waals surface area contributed by atoms with E-state index in [9.17, 15) is 0 Å². The van der Waals surface area contributed by atoms with Crippen LogP contribution in [0.3, 0.4) is 0 Å². The SMILES string of the molecule is CC(C)CCC#C[C@@H](C)[C@@H](C)O. The van der Waals surface area contributed by atoms with E-state index in [0.717, 1.165) is 18.8 Å². The molecule has 70 valence electrons. The van der Waals surface area contributed by atoms with Crippen LogP contribution in [0, 0.1) is 23.7 Å². The lowest BCUT2D eigenvalue weighted by atomic mass is 10.1. The lowest BCUT2D eigenvalue weighted by Crippen LogP contribution is -2.10. The van der Waals surface area contributed by atoms with Gasteiger partial charge in [0.25, 0.3) is 0 Å². The maximum absolute atomic E-state index is 9.13. The molecule has 0 radical (unpaired) electrons. The molecule has 0 aliphatic carbocycles. The van der Waals surface area contributed by atoms with Crippen molar-refractivity contribution < 1.29 is 5.11 Å². The van der Waals surface area contributed by atoms with Crippen LogP contribution in [0.25, 0.3) is 0 Å². The predicted octanol–water partition coefficient (Wildman–Crippen LogP) is 2.44. The van der Waals surface area contributed by atoms with Crippen LogP contribution in [-0.2, 0) is 0 Å². The fourth-order valence-electron chi connectivity index (χ4n) is 0.715. The van der Waals surface area contributed by atoms with Crippen molar-refractivity contribution in [1.29, 1.82) is 0 Å². The summed E-state index contributed by atoms with van der Waals surface area (Å²) in [5.41, 5.74) is 0. The summed E-state index contributed by atoms with van der Waals surface area (Å²) < 4.78 is 0. The molecule has 12 heavy (non-hydrogen) atoms. The molecule has 0 aromatic carbocycles. The van der Waals surface area contributed by atoms with Gasteiger partial charge in [-0.1, -0.05) is 19.8 Å². The van der Waals surface area contributed by atoms with Gasteiger partial charge in [-0.05, 0) is 26.2 Å². The molecular weight excluding hydrogens is 148 g/mol. The minimum atomic E-state index is -0.309. The molecule has 0 bridgehead atoms. The van der Waals surface area contributed by atoms with Gasteiger partial charge < -0.3 is 5.11 Å². The van der Waals surface area contributed by atoms with Gasteiger partial charge in [-0.25, -0.2) is 0 Å². The molecule has 0 unspecified atom stereocenters. The van der Waals surface area contributed by atoms with Crippen LogP contribution in [0.15, 0.2) is 0 Å². The summed E-state index contributed by atoms with van der Waals surface area (Å²) in [6, 6.07) is 0. The minimum Gasteiger partial charge on any atom is -0.392 e. The highest BCUT2D eigenvalue weighted by Gasteiger charge is 2.02. The van der Waals surface area contributed by atoms with Crippen LogP contribution >= 0.6 is 0 Å². The fourth-order valence-corrected chi connectivity index (χ4v) is 0.715. The fraction of sp³-hybridized carbons (Fsp3) is 0.818. The Balaban J connectivity index is 3.59. The van der Waals surface area contributed by atoms with E-state index in [1.54, 1.807) is 6.92 Å². The third-order valence-corrected chi connectivity index (χ3v) is 1.90. The summed E-state index contributed by atoms with van der Waals surface area (Å²) in [6.07, 6.45) is 1.80. The van der Waals surface area contributed by atoms with Crippen molar-refractivity contribution in [2.45, 2.75) is 46.6 Å². The molecule has 1 nitrogen and oxygen atoms in total. The molecule has 1 N–H and O–H groups in total. The second kappa shape index (κ2) is 6.08. The van der Waals surface area contributed by atoms with Crippen LogP contribution in [0.4, 0.5) is 0 Å². The maximum atomic E-state index is 9.13. The van der Waals surface area contributed by atoms with Gasteiger partial charge in [-0.3, -0.25) is 0 Å². The second-order valence-electron chi connectivity index (χ2n) is 3.78. The van der Waals surface area contributed by atoms with E-state index in [4.69, 9.17) is 5.11 Å². The van der Waals surface area contributed by atoms with E-state index in [-0.39, 0.29) is 12.0 Å². The Bertz CT molecular complexity index is 160. The number of hydrogen-bond donors (Lipinski definition) is 1. The Morgan fingerprint density at radius 2 is 1.75 bits per heavy atom. The van der Waals surface area contributed by atoms with E-state index < -0.39 is 0 Å². The zero-order valence-electron chi connectivity index (χ0n) is 8.59. The zero-order valence-corrected chi connectivity index (χ0v) is 8.59. The van der Waals surface area contributed by atoms with E-state index >= 15 is 0 Å². The summed E-state index contributed by atoms with van der Waals surface area (Å²) >= 11 is 0. The molecule has 0 amide bonds. The van der Waals surface area contributed by atoms with Gasteiger partial charge in [0.1, 0.15) is 0 Å². The molecule has 0 aliphatic rings. The first-order chi connectivity index (χ1) is 5.54. The Morgan fingerprint density at radius 3 is 2.17 bits per heavy atom. The van der Waals surface area contributed by atoms with Crippen molar-refractivity contribution in [3.8, 4) is 11.8 Å². The summed E-state index contributed by atoms with van der Waals surface area (Å²) in [6.45, 7) is 8.12. The Kier molecular flexibility index (Phi) is 5.84. The molecule has 0 rings (SSSR count). The van der Waals surface area contributed by atoms with Gasteiger partial charge in [0.15, 0.2) is 0 Å². The summed E-state index contributed by atoms with van der Waals surface area (Å²) in [5, 5.41) is 9.13. The third kappa shape index (κ3) is 6.24. The second-order valence-corrected chi connectivity index (χ2v) is 3.78. The summed E-state index contributed by atoms with van der Waals surface area (Å²) in [7, 11) is 0. The monoisotopic (exact) mass is 168 g/mol. The lowest BCUT2D eigenvalue weighted by molar-refractivity contribution is 0.161. The van der Waals surface area contributed by atoms with Crippen LogP contribution in [0.1, 0.15) is 40.5 Å². The molecule has 0 aromatic heterocycles. The first-order valence-corrected chi connectivity index (χ1v) is 4.70. The van der Waals surface area contributed by atoms with Crippen LogP contribution in [0.5, 0.6) is 0 Å². The average molecular weight is 168 g/mol. The highest BCUT2D eigenvalue weighted by atomic mass is 16.3. The Morgan fingerprint density at radius 1 is 1.17 bits per heavy atom. The van der Waals surface area contributed by atoms with Crippen LogP contribution in [-0.4, -0.2) is 11.2 Å². The molecule has 1 heteroatoms. The van der Waals surface area contributed by atoms with Gasteiger partial charge in [0.05, 0.1) is 6.10 Å². The number of aliphatic hydroxyl groups is 1. The van der Waals surface area contributed by atoms with Gasteiger partial charge in [-0.2, -0.15) is 0 Å². The first kappa shape index (κ1) is 11.5. The Labute approximate surface area is 76.2 Å². The predicted molar refractivity (Wildman–Crippen MR) is 52.7 cm³/mol. The van der Waals surface area contributed by atoms with Crippen molar-refractivity contribution in [2.75, 3.05) is 0 Å². The summed E-state index contributed by atoms with van der Waals surface area (Å²) in [5.74, 6) is 6.96. The largest absolute Gasteiger partial charge is 0.392 e.